The summed E-state index contributed by atoms with van der Waals surface area (Å²) in [5.74, 6) is 0.303. The Morgan fingerprint density at radius 2 is 2.15 bits per heavy atom. The normalized spacial score (nSPS) is 10.4. The number of nitro benzene ring substituents is 1. The Morgan fingerprint density at radius 3 is 2.75 bits per heavy atom. The molecule has 1 rings (SSSR count). The molecule has 0 saturated carbocycles. The van der Waals surface area contributed by atoms with Gasteiger partial charge < -0.3 is 10.6 Å². The molecule has 0 bridgehead atoms. The van der Waals surface area contributed by atoms with Gasteiger partial charge in [-0.15, -0.1) is 0 Å². The van der Waals surface area contributed by atoms with Gasteiger partial charge in [-0.2, -0.15) is 0 Å². The number of anilines is 1. The molecule has 20 heavy (non-hydrogen) atoms. The molecular formula is C13H18ClN3O3. The molecule has 0 aliphatic rings. The highest BCUT2D eigenvalue weighted by molar-refractivity contribution is 6.31. The summed E-state index contributed by atoms with van der Waals surface area (Å²) >= 11 is 5.81. The molecule has 0 heterocycles. The second kappa shape index (κ2) is 7.69. The smallest absolute Gasteiger partial charge is 0.292 e. The standard InChI is InChI=1S/C13H18ClN3O3/c1-9(2)8-16-13(18)5-6-15-11-7-10(14)3-4-12(11)17(19)20/h3-4,7,9,15H,5-6,8H2,1-2H3,(H,16,18). The summed E-state index contributed by atoms with van der Waals surface area (Å²) < 4.78 is 0. The zero-order chi connectivity index (χ0) is 15.1. The lowest BCUT2D eigenvalue weighted by molar-refractivity contribution is -0.384. The first-order valence-corrected chi connectivity index (χ1v) is 6.72. The average Bonchev–Trinajstić information content (AvgIpc) is 2.36. The highest BCUT2D eigenvalue weighted by Gasteiger charge is 2.13. The van der Waals surface area contributed by atoms with E-state index in [2.05, 4.69) is 10.6 Å². The van der Waals surface area contributed by atoms with Gasteiger partial charge in [0.15, 0.2) is 0 Å². The van der Waals surface area contributed by atoms with Crippen molar-refractivity contribution in [3.05, 3.63) is 33.3 Å². The first-order valence-electron chi connectivity index (χ1n) is 6.34. The van der Waals surface area contributed by atoms with Crippen LogP contribution in [0.15, 0.2) is 18.2 Å². The van der Waals surface area contributed by atoms with Crippen LogP contribution in [0.3, 0.4) is 0 Å². The predicted molar refractivity (Wildman–Crippen MR) is 79.1 cm³/mol. The fraction of sp³-hybridized carbons (Fsp3) is 0.462. The maximum absolute atomic E-state index is 11.5. The SMILES string of the molecule is CC(C)CNC(=O)CCNc1cc(Cl)ccc1[N+](=O)[O-]. The molecule has 0 aliphatic heterocycles. The number of nitrogens with zero attached hydrogens (tertiary/aromatic N) is 1. The number of carbonyl (C=O) groups excluding carboxylic acids is 1. The van der Waals surface area contributed by atoms with Gasteiger partial charge in [-0.1, -0.05) is 25.4 Å². The van der Waals surface area contributed by atoms with Gasteiger partial charge in [0, 0.05) is 30.6 Å². The largest absolute Gasteiger partial charge is 0.379 e. The first-order chi connectivity index (χ1) is 9.40. The fourth-order valence-electron chi connectivity index (χ4n) is 1.53. The Bertz CT molecular complexity index is 492. The lowest BCUT2D eigenvalue weighted by atomic mass is 10.2. The fourth-order valence-corrected chi connectivity index (χ4v) is 1.70. The molecule has 7 heteroatoms. The quantitative estimate of drug-likeness (QED) is 0.599. The van der Waals surface area contributed by atoms with E-state index in [4.69, 9.17) is 11.6 Å². The van der Waals surface area contributed by atoms with E-state index in [0.29, 0.717) is 29.7 Å². The van der Waals surface area contributed by atoms with E-state index in [-0.39, 0.29) is 18.0 Å². The molecule has 0 aromatic heterocycles. The third-order valence-corrected chi connectivity index (χ3v) is 2.77. The zero-order valence-electron chi connectivity index (χ0n) is 11.5. The van der Waals surface area contributed by atoms with Gasteiger partial charge in [0.1, 0.15) is 5.69 Å². The molecule has 0 aliphatic carbocycles. The average molecular weight is 300 g/mol. The van der Waals surface area contributed by atoms with Crippen molar-refractivity contribution >= 4 is 28.9 Å². The summed E-state index contributed by atoms with van der Waals surface area (Å²) in [6.07, 6.45) is 0.246. The number of nitrogens with one attached hydrogen (secondary N) is 2. The summed E-state index contributed by atoms with van der Waals surface area (Å²) in [5, 5.41) is 16.9. The number of hydrogen-bond acceptors (Lipinski definition) is 4. The van der Waals surface area contributed by atoms with Crippen LogP contribution in [0.5, 0.6) is 0 Å². The monoisotopic (exact) mass is 299 g/mol. The molecule has 0 fully saturated rings. The summed E-state index contributed by atoms with van der Waals surface area (Å²) in [7, 11) is 0. The van der Waals surface area contributed by atoms with Gasteiger partial charge in [0.25, 0.3) is 5.69 Å². The van der Waals surface area contributed by atoms with Crippen LogP contribution in [0.2, 0.25) is 5.02 Å². The molecule has 110 valence electrons. The number of benzene rings is 1. The summed E-state index contributed by atoms with van der Waals surface area (Å²) in [4.78, 5) is 21.9. The minimum absolute atomic E-state index is 0.0583. The third kappa shape index (κ3) is 5.44. The van der Waals surface area contributed by atoms with Crippen LogP contribution in [-0.2, 0) is 4.79 Å². The van der Waals surface area contributed by atoms with E-state index in [9.17, 15) is 14.9 Å². The number of nitro groups is 1. The molecule has 6 nitrogen and oxygen atoms in total. The van der Waals surface area contributed by atoms with Gasteiger partial charge in [0.2, 0.25) is 5.91 Å². The van der Waals surface area contributed by atoms with Gasteiger partial charge >= 0.3 is 0 Å². The molecule has 2 N–H and O–H groups in total. The van der Waals surface area contributed by atoms with Gasteiger partial charge in [0.05, 0.1) is 4.92 Å². The highest BCUT2D eigenvalue weighted by atomic mass is 35.5. The zero-order valence-corrected chi connectivity index (χ0v) is 12.2. The molecule has 0 saturated heterocycles. The van der Waals surface area contributed by atoms with Crippen LogP contribution in [0.1, 0.15) is 20.3 Å². The number of halogens is 1. The molecule has 0 radical (unpaired) electrons. The molecule has 0 spiro atoms. The van der Waals surface area contributed by atoms with Crippen LogP contribution in [0, 0.1) is 16.0 Å². The highest BCUT2D eigenvalue weighted by Crippen LogP contribution is 2.27. The predicted octanol–water partition coefficient (Wildman–Crippen LogP) is 2.82. The first kappa shape index (κ1) is 16.2. The maximum atomic E-state index is 11.5. The lowest BCUT2D eigenvalue weighted by Crippen LogP contribution is -2.28. The Labute approximate surface area is 122 Å². The molecule has 1 amide bonds. The van der Waals surface area contributed by atoms with Crippen molar-refractivity contribution in [1.82, 2.24) is 5.32 Å². The second-order valence-electron chi connectivity index (χ2n) is 4.79. The Kier molecular flexibility index (Phi) is 6.24. The van der Waals surface area contributed by atoms with Crippen LogP contribution in [-0.4, -0.2) is 23.9 Å². The van der Waals surface area contributed by atoms with E-state index in [1.54, 1.807) is 0 Å². The molecule has 0 unspecified atom stereocenters. The van der Waals surface area contributed by atoms with Crippen molar-refractivity contribution < 1.29 is 9.72 Å². The number of amides is 1. The maximum Gasteiger partial charge on any atom is 0.292 e. The van der Waals surface area contributed by atoms with Gasteiger partial charge in [-0.25, -0.2) is 0 Å². The number of rotatable bonds is 7. The Morgan fingerprint density at radius 1 is 1.45 bits per heavy atom. The topological polar surface area (TPSA) is 84.3 Å². The van der Waals surface area contributed by atoms with E-state index in [0.717, 1.165) is 0 Å². The summed E-state index contributed by atoms with van der Waals surface area (Å²) in [6, 6.07) is 4.27. The number of hydrogen-bond donors (Lipinski definition) is 2. The van der Waals surface area contributed by atoms with Crippen molar-refractivity contribution in [2.75, 3.05) is 18.4 Å². The molecule has 1 aromatic carbocycles. The van der Waals surface area contributed by atoms with Crippen molar-refractivity contribution in [2.24, 2.45) is 5.92 Å². The van der Waals surface area contributed by atoms with Crippen molar-refractivity contribution in [3.8, 4) is 0 Å². The van der Waals surface area contributed by atoms with Crippen LogP contribution < -0.4 is 10.6 Å². The van der Waals surface area contributed by atoms with Crippen molar-refractivity contribution in [3.63, 3.8) is 0 Å². The molecular weight excluding hydrogens is 282 g/mol. The minimum atomic E-state index is -0.489. The van der Waals surface area contributed by atoms with E-state index < -0.39 is 4.92 Å². The van der Waals surface area contributed by atoms with Gasteiger partial charge in [-0.05, 0) is 18.1 Å². The van der Waals surface area contributed by atoms with E-state index >= 15 is 0 Å². The summed E-state index contributed by atoms with van der Waals surface area (Å²) in [5.41, 5.74) is 0.260. The summed E-state index contributed by atoms with van der Waals surface area (Å²) in [6.45, 7) is 4.95. The van der Waals surface area contributed by atoms with Crippen LogP contribution in [0.25, 0.3) is 0 Å². The number of carbonyl (C=O) groups is 1. The van der Waals surface area contributed by atoms with Crippen LogP contribution >= 0.6 is 11.6 Å². The third-order valence-electron chi connectivity index (χ3n) is 2.53. The Balaban J connectivity index is 2.51. The lowest BCUT2D eigenvalue weighted by Gasteiger charge is -2.09. The van der Waals surface area contributed by atoms with Crippen molar-refractivity contribution in [2.45, 2.75) is 20.3 Å². The Hall–Kier alpha value is -1.82. The van der Waals surface area contributed by atoms with Gasteiger partial charge in [-0.3, -0.25) is 14.9 Å². The minimum Gasteiger partial charge on any atom is -0.379 e. The van der Waals surface area contributed by atoms with E-state index in [1.807, 2.05) is 13.8 Å². The van der Waals surface area contributed by atoms with E-state index in [1.165, 1.54) is 18.2 Å². The molecule has 1 aromatic rings. The second-order valence-corrected chi connectivity index (χ2v) is 5.23. The van der Waals surface area contributed by atoms with Crippen LogP contribution in [0.4, 0.5) is 11.4 Å². The molecule has 0 atom stereocenters. The van der Waals surface area contributed by atoms with Crippen molar-refractivity contribution in [1.29, 1.82) is 0 Å².